The van der Waals surface area contributed by atoms with Crippen LogP contribution in [0.15, 0.2) is 100 Å². The van der Waals surface area contributed by atoms with Gasteiger partial charge in [-0.05, 0) is 48.0 Å². The molecular weight excluding hydrogens is 490 g/mol. The molecule has 0 spiro atoms. The smallest absolute Gasteiger partial charge is 0.342 e. The van der Waals surface area contributed by atoms with E-state index in [1.807, 2.05) is 36.4 Å². The monoisotopic (exact) mass is 513 g/mol. The summed E-state index contributed by atoms with van der Waals surface area (Å²) in [6.45, 7) is 3.02. The SMILES string of the molecule is CCOC(=O)c1c(-c2ccccc2)oc2ccc(N(C(C)=O)S(=O)(=O)c3ccc4ccccc4c3)cc12. The number of nitrogens with zero attached hydrogens (tertiary/aromatic N) is 1. The number of hydrogen-bond acceptors (Lipinski definition) is 6. The number of ether oxygens (including phenoxy) is 1. The Bertz CT molecular complexity index is 1760. The highest BCUT2D eigenvalue weighted by Crippen LogP contribution is 2.37. The second-order valence-electron chi connectivity index (χ2n) is 8.37. The Hall–Kier alpha value is -4.43. The van der Waals surface area contributed by atoms with Crippen LogP contribution in [0.2, 0.25) is 0 Å². The van der Waals surface area contributed by atoms with Crippen LogP contribution in [0.4, 0.5) is 5.69 Å². The fourth-order valence-electron chi connectivity index (χ4n) is 4.33. The van der Waals surface area contributed by atoms with Gasteiger partial charge < -0.3 is 9.15 Å². The molecule has 0 bridgehead atoms. The summed E-state index contributed by atoms with van der Waals surface area (Å²) in [5.74, 6) is -1.00. The number of benzene rings is 4. The van der Waals surface area contributed by atoms with Crippen LogP contribution >= 0.6 is 0 Å². The Morgan fingerprint density at radius 1 is 0.865 bits per heavy atom. The summed E-state index contributed by atoms with van der Waals surface area (Å²) < 4.78 is 39.4. The van der Waals surface area contributed by atoms with Crippen molar-refractivity contribution in [2.75, 3.05) is 10.9 Å². The minimum atomic E-state index is -4.27. The number of fused-ring (bicyclic) bond motifs is 2. The first-order chi connectivity index (χ1) is 17.8. The van der Waals surface area contributed by atoms with E-state index in [9.17, 15) is 18.0 Å². The largest absolute Gasteiger partial charge is 0.462 e. The zero-order chi connectivity index (χ0) is 26.2. The maximum Gasteiger partial charge on any atom is 0.342 e. The predicted octanol–water partition coefficient (Wildman–Crippen LogP) is 6.17. The van der Waals surface area contributed by atoms with Crippen LogP contribution in [0.3, 0.4) is 0 Å². The van der Waals surface area contributed by atoms with E-state index in [0.717, 1.165) is 15.1 Å². The molecule has 1 amide bonds. The number of anilines is 1. The molecule has 8 heteroatoms. The van der Waals surface area contributed by atoms with Crippen molar-refractivity contribution in [3.63, 3.8) is 0 Å². The normalized spacial score (nSPS) is 11.5. The highest BCUT2D eigenvalue weighted by Gasteiger charge is 2.31. The molecule has 1 aromatic heterocycles. The quantitative estimate of drug-likeness (QED) is 0.252. The number of sulfonamides is 1. The molecule has 0 unspecified atom stereocenters. The third-order valence-corrected chi connectivity index (χ3v) is 7.77. The number of hydrogen-bond donors (Lipinski definition) is 0. The van der Waals surface area contributed by atoms with E-state index in [1.54, 1.807) is 37.3 Å². The molecule has 1 heterocycles. The fraction of sp³-hybridized carbons (Fsp3) is 0.103. The lowest BCUT2D eigenvalue weighted by Gasteiger charge is -2.21. The molecule has 0 aliphatic heterocycles. The molecular formula is C29H23NO6S. The summed E-state index contributed by atoms with van der Waals surface area (Å²) in [6.07, 6.45) is 0. The van der Waals surface area contributed by atoms with Crippen molar-refractivity contribution in [1.29, 1.82) is 0 Å². The van der Waals surface area contributed by atoms with Gasteiger partial charge in [0.25, 0.3) is 10.0 Å². The standard InChI is InChI=1S/C29H23NO6S/c1-3-35-29(32)27-25-18-23(14-16-26(25)36-28(27)21-10-5-4-6-11-21)30(19(2)31)37(33,34)24-15-13-20-9-7-8-12-22(20)17-24/h4-18H,3H2,1-2H3. The number of carbonyl (C=O) groups excluding carboxylic acids is 2. The van der Waals surface area contributed by atoms with Gasteiger partial charge >= 0.3 is 5.97 Å². The van der Waals surface area contributed by atoms with E-state index in [2.05, 4.69) is 0 Å². The van der Waals surface area contributed by atoms with Gasteiger partial charge in [-0.25, -0.2) is 17.5 Å². The molecule has 37 heavy (non-hydrogen) atoms. The van der Waals surface area contributed by atoms with E-state index >= 15 is 0 Å². The Morgan fingerprint density at radius 2 is 1.57 bits per heavy atom. The molecule has 0 saturated carbocycles. The van der Waals surface area contributed by atoms with E-state index in [1.165, 1.54) is 31.2 Å². The minimum Gasteiger partial charge on any atom is -0.462 e. The van der Waals surface area contributed by atoms with E-state index in [0.29, 0.717) is 22.3 Å². The van der Waals surface area contributed by atoms with Crippen LogP contribution in [-0.2, 0) is 19.6 Å². The van der Waals surface area contributed by atoms with Crippen LogP contribution in [0.25, 0.3) is 33.1 Å². The van der Waals surface area contributed by atoms with Crippen molar-refractivity contribution in [3.8, 4) is 11.3 Å². The summed E-state index contributed by atoms with van der Waals surface area (Å²) in [4.78, 5) is 25.7. The molecule has 0 radical (unpaired) electrons. The Balaban J connectivity index is 1.68. The van der Waals surface area contributed by atoms with Gasteiger partial charge in [-0.1, -0.05) is 60.7 Å². The van der Waals surface area contributed by atoms with Gasteiger partial charge in [0.05, 0.1) is 17.2 Å². The summed E-state index contributed by atoms with van der Waals surface area (Å²) in [7, 11) is -4.27. The Labute approximate surface area is 213 Å². The van der Waals surface area contributed by atoms with Crippen LogP contribution in [-0.4, -0.2) is 26.9 Å². The van der Waals surface area contributed by atoms with Crippen LogP contribution in [0.5, 0.6) is 0 Å². The highest BCUT2D eigenvalue weighted by atomic mass is 32.2. The average Bonchev–Trinajstić information content (AvgIpc) is 3.28. The molecule has 7 nitrogen and oxygen atoms in total. The molecule has 0 atom stereocenters. The lowest BCUT2D eigenvalue weighted by molar-refractivity contribution is -0.115. The maximum absolute atomic E-state index is 13.7. The maximum atomic E-state index is 13.7. The molecule has 0 aliphatic carbocycles. The lowest BCUT2D eigenvalue weighted by atomic mass is 10.1. The van der Waals surface area contributed by atoms with Crippen molar-refractivity contribution in [1.82, 2.24) is 0 Å². The van der Waals surface area contributed by atoms with Gasteiger partial charge in [0.1, 0.15) is 16.9 Å². The summed E-state index contributed by atoms with van der Waals surface area (Å²) in [5.41, 5.74) is 1.27. The molecule has 0 saturated heterocycles. The third-order valence-electron chi connectivity index (χ3n) is 5.97. The van der Waals surface area contributed by atoms with Crippen molar-refractivity contribution < 1.29 is 27.2 Å². The first-order valence-corrected chi connectivity index (χ1v) is 13.1. The van der Waals surface area contributed by atoms with Gasteiger partial charge in [-0.15, -0.1) is 0 Å². The highest BCUT2D eigenvalue weighted by molar-refractivity contribution is 7.93. The van der Waals surface area contributed by atoms with Gasteiger partial charge in [0.15, 0.2) is 0 Å². The minimum absolute atomic E-state index is 0.0238. The Morgan fingerprint density at radius 3 is 2.27 bits per heavy atom. The molecule has 0 aliphatic rings. The van der Waals surface area contributed by atoms with E-state index in [4.69, 9.17) is 9.15 Å². The summed E-state index contributed by atoms with van der Waals surface area (Å²) in [6, 6.07) is 25.6. The number of esters is 1. The lowest BCUT2D eigenvalue weighted by Crippen LogP contribution is -2.35. The fourth-order valence-corrected chi connectivity index (χ4v) is 5.79. The molecule has 186 valence electrons. The van der Waals surface area contributed by atoms with Gasteiger partial charge in [0.2, 0.25) is 5.91 Å². The molecule has 0 N–H and O–H groups in total. The molecule has 5 aromatic rings. The van der Waals surface area contributed by atoms with Crippen molar-refractivity contribution in [2.24, 2.45) is 0 Å². The van der Waals surface area contributed by atoms with E-state index in [-0.39, 0.29) is 22.8 Å². The number of rotatable bonds is 6. The topological polar surface area (TPSA) is 93.9 Å². The average molecular weight is 514 g/mol. The van der Waals surface area contributed by atoms with Crippen LogP contribution < -0.4 is 4.31 Å². The summed E-state index contributed by atoms with van der Waals surface area (Å²) >= 11 is 0. The van der Waals surface area contributed by atoms with Gasteiger partial charge in [0, 0.05) is 17.9 Å². The zero-order valence-corrected chi connectivity index (χ0v) is 21.0. The number of carbonyl (C=O) groups is 2. The predicted molar refractivity (Wildman–Crippen MR) is 142 cm³/mol. The van der Waals surface area contributed by atoms with Gasteiger partial charge in [-0.3, -0.25) is 4.79 Å². The van der Waals surface area contributed by atoms with Gasteiger partial charge in [-0.2, -0.15) is 0 Å². The second-order valence-corrected chi connectivity index (χ2v) is 10.2. The third kappa shape index (κ3) is 4.36. The molecule has 5 rings (SSSR count). The van der Waals surface area contributed by atoms with Crippen molar-refractivity contribution in [3.05, 3.63) is 96.6 Å². The Kier molecular flexibility index (Phi) is 6.27. The van der Waals surface area contributed by atoms with Crippen LogP contribution in [0, 0.1) is 0 Å². The first-order valence-electron chi connectivity index (χ1n) is 11.6. The number of amides is 1. The zero-order valence-electron chi connectivity index (χ0n) is 20.2. The van der Waals surface area contributed by atoms with Crippen LogP contribution in [0.1, 0.15) is 24.2 Å². The van der Waals surface area contributed by atoms with Crippen molar-refractivity contribution >= 4 is 49.3 Å². The number of furan rings is 1. The molecule has 0 fully saturated rings. The summed E-state index contributed by atoms with van der Waals surface area (Å²) in [5, 5.41) is 1.95. The van der Waals surface area contributed by atoms with Crippen molar-refractivity contribution in [2.45, 2.75) is 18.7 Å². The second kappa shape index (κ2) is 9.55. The van der Waals surface area contributed by atoms with E-state index < -0.39 is 21.9 Å². The molecule has 4 aromatic carbocycles. The first kappa shape index (κ1) is 24.3.